The van der Waals surface area contributed by atoms with Crippen LogP contribution in [0.1, 0.15) is 31.0 Å². The number of benzene rings is 1. The first-order chi connectivity index (χ1) is 12.5. The highest BCUT2D eigenvalue weighted by Gasteiger charge is 2.28. The number of nitrogens with zero attached hydrogens (tertiary/aromatic N) is 4. The van der Waals surface area contributed by atoms with Gasteiger partial charge in [0.2, 0.25) is 5.82 Å². The first kappa shape index (κ1) is 18.7. The number of halogens is 1. The largest absolute Gasteiger partial charge is 0.362 e. The summed E-state index contributed by atoms with van der Waals surface area (Å²) in [6.07, 6.45) is 2.43. The molecule has 8 heteroatoms. The zero-order chi connectivity index (χ0) is 18.7. The van der Waals surface area contributed by atoms with E-state index < -0.39 is 0 Å². The van der Waals surface area contributed by atoms with Gasteiger partial charge in [0.15, 0.2) is 0 Å². The molecule has 1 aliphatic heterocycles. The minimum Gasteiger partial charge on any atom is -0.362 e. The summed E-state index contributed by atoms with van der Waals surface area (Å²) < 4.78 is 1.59. The Morgan fingerprint density at radius 1 is 1.31 bits per heavy atom. The molecule has 1 N–H and O–H groups in total. The van der Waals surface area contributed by atoms with Crippen LogP contribution in [-0.4, -0.2) is 38.7 Å². The average Bonchev–Trinajstić information content (AvgIpc) is 2.94. The lowest BCUT2D eigenvalue weighted by Crippen LogP contribution is -2.39. The van der Waals surface area contributed by atoms with Gasteiger partial charge in [-0.15, -0.1) is 0 Å². The van der Waals surface area contributed by atoms with Crippen LogP contribution in [0.2, 0.25) is 5.02 Å². The second kappa shape index (κ2) is 8.05. The van der Waals surface area contributed by atoms with Crippen LogP contribution in [0.4, 0.5) is 11.5 Å². The number of likely N-dealkylation sites (tertiary alicyclic amines) is 1. The van der Waals surface area contributed by atoms with E-state index in [9.17, 15) is 10.1 Å². The maximum absolute atomic E-state index is 11.4. The molecule has 0 bridgehead atoms. The highest BCUT2D eigenvalue weighted by molar-refractivity contribution is 6.30. The van der Waals surface area contributed by atoms with Gasteiger partial charge in [-0.2, -0.15) is 5.10 Å². The van der Waals surface area contributed by atoms with Crippen molar-refractivity contribution < 1.29 is 4.92 Å². The molecule has 0 amide bonds. The van der Waals surface area contributed by atoms with Crippen LogP contribution in [0.25, 0.3) is 0 Å². The zero-order valence-electron chi connectivity index (χ0n) is 15.1. The highest BCUT2D eigenvalue weighted by Crippen LogP contribution is 2.30. The van der Waals surface area contributed by atoms with Gasteiger partial charge in [-0.3, -0.25) is 15.0 Å². The summed E-state index contributed by atoms with van der Waals surface area (Å²) in [5.41, 5.74) is 1.88. The maximum Gasteiger partial charge on any atom is 0.333 e. The average molecular weight is 378 g/mol. The summed E-state index contributed by atoms with van der Waals surface area (Å²) in [6, 6.07) is 8.15. The quantitative estimate of drug-likeness (QED) is 0.614. The number of hydrogen-bond acceptors (Lipinski definition) is 5. The van der Waals surface area contributed by atoms with E-state index in [1.54, 1.807) is 11.7 Å². The van der Waals surface area contributed by atoms with E-state index in [2.05, 4.69) is 27.4 Å². The third-order valence-corrected chi connectivity index (χ3v) is 5.11. The molecule has 0 atom stereocenters. The van der Waals surface area contributed by atoms with Crippen molar-refractivity contribution in [1.82, 2.24) is 14.7 Å². The van der Waals surface area contributed by atoms with Crippen molar-refractivity contribution in [3.05, 3.63) is 50.7 Å². The Morgan fingerprint density at radius 2 is 1.96 bits per heavy atom. The Bertz CT molecular complexity index is 767. The molecule has 140 valence electrons. The summed E-state index contributed by atoms with van der Waals surface area (Å²) in [5, 5.41) is 19.8. The topological polar surface area (TPSA) is 76.2 Å². The predicted molar refractivity (Wildman–Crippen MR) is 103 cm³/mol. The fourth-order valence-corrected chi connectivity index (χ4v) is 3.56. The molecule has 1 aromatic heterocycles. The van der Waals surface area contributed by atoms with Gasteiger partial charge < -0.3 is 5.32 Å². The molecule has 0 unspecified atom stereocenters. The molecule has 26 heavy (non-hydrogen) atoms. The molecule has 0 aliphatic carbocycles. The summed E-state index contributed by atoms with van der Waals surface area (Å²) in [4.78, 5) is 13.5. The van der Waals surface area contributed by atoms with Gasteiger partial charge in [0.05, 0.1) is 4.92 Å². The van der Waals surface area contributed by atoms with Crippen LogP contribution < -0.4 is 5.32 Å². The van der Waals surface area contributed by atoms with E-state index in [-0.39, 0.29) is 16.7 Å². The monoisotopic (exact) mass is 377 g/mol. The number of anilines is 1. The molecule has 2 heterocycles. The summed E-state index contributed by atoms with van der Waals surface area (Å²) in [7, 11) is 1.75. The number of piperidine rings is 1. The van der Waals surface area contributed by atoms with Crippen LogP contribution in [0.5, 0.6) is 0 Å². The van der Waals surface area contributed by atoms with Gasteiger partial charge in [0, 0.05) is 37.7 Å². The van der Waals surface area contributed by atoms with Crippen LogP contribution in [-0.2, 0) is 20.0 Å². The Kier molecular flexibility index (Phi) is 5.78. The molecule has 3 rings (SSSR count). The molecule has 0 radical (unpaired) electrons. The molecule has 1 aromatic carbocycles. The zero-order valence-corrected chi connectivity index (χ0v) is 15.9. The fourth-order valence-electron chi connectivity index (χ4n) is 3.44. The van der Waals surface area contributed by atoms with Crippen molar-refractivity contribution in [2.75, 3.05) is 18.4 Å². The molecule has 1 saturated heterocycles. The number of aromatic nitrogens is 2. The minimum atomic E-state index is -0.330. The number of rotatable bonds is 6. The van der Waals surface area contributed by atoms with Gasteiger partial charge in [-0.25, -0.2) is 4.68 Å². The Hall–Kier alpha value is -2.12. The third kappa shape index (κ3) is 4.16. The number of nitrogens with one attached hydrogen (secondary N) is 1. The van der Waals surface area contributed by atoms with Gasteiger partial charge in [0.1, 0.15) is 5.69 Å². The Balaban J connectivity index is 1.60. The highest BCUT2D eigenvalue weighted by atomic mass is 35.5. The molecule has 0 spiro atoms. The lowest BCUT2D eigenvalue weighted by Gasteiger charge is -2.32. The Morgan fingerprint density at radius 3 is 2.54 bits per heavy atom. The molecule has 7 nitrogen and oxygen atoms in total. The van der Waals surface area contributed by atoms with Crippen LogP contribution in [0.3, 0.4) is 0 Å². The molecule has 0 saturated carbocycles. The number of aryl methyl sites for hydroxylation is 2. The second-order valence-corrected chi connectivity index (χ2v) is 7.14. The van der Waals surface area contributed by atoms with Crippen molar-refractivity contribution in [2.24, 2.45) is 7.05 Å². The predicted octanol–water partition coefficient (Wildman–Crippen LogP) is 3.62. The first-order valence-electron chi connectivity index (χ1n) is 8.91. The molecule has 1 aliphatic rings. The van der Waals surface area contributed by atoms with E-state index >= 15 is 0 Å². The van der Waals surface area contributed by atoms with Crippen molar-refractivity contribution in [2.45, 2.75) is 38.8 Å². The molecule has 1 fully saturated rings. The lowest BCUT2D eigenvalue weighted by molar-refractivity contribution is -0.384. The van der Waals surface area contributed by atoms with Gasteiger partial charge in [-0.05, 0) is 37.0 Å². The number of nitro groups is 1. The van der Waals surface area contributed by atoms with Crippen molar-refractivity contribution in [1.29, 1.82) is 0 Å². The summed E-state index contributed by atoms with van der Waals surface area (Å²) >= 11 is 5.93. The second-order valence-electron chi connectivity index (χ2n) is 6.70. The standard InChI is InChI=1S/C18H24ClN5O2/c1-3-16-17(24(25)26)18(22(2)21-16)20-15-8-10-23(11-9-15)12-13-4-6-14(19)7-5-13/h4-7,15,20H,3,8-12H2,1-2H3. The minimum absolute atomic E-state index is 0.110. The molecular weight excluding hydrogens is 354 g/mol. The van der Waals surface area contributed by atoms with E-state index in [0.29, 0.717) is 17.9 Å². The SMILES string of the molecule is CCc1nn(C)c(NC2CCN(Cc3ccc(Cl)cc3)CC2)c1[N+](=O)[O-]. The normalized spacial score (nSPS) is 16.0. The van der Waals surface area contributed by atoms with Gasteiger partial charge >= 0.3 is 5.69 Å². The fraction of sp³-hybridized carbons (Fsp3) is 0.500. The van der Waals surface area contributed by atoms with Crippen molar-refractivity contribution in [3.63, 3.8) is 0 Å². The van der Waals surface area contributed by atoms with Crippen LogP contribution >= 0.6 is 11.6 Å². The molecular formula is C18H24ClN5O2. The van der Waals surface area contributed by atoms with Crippen molar-refractivity contribution >= 4 is 23.1 Å². The van der Waals surface area contributed by atoms with E-state index in [4.69, 9.17) is 11.6 Å². The first-order valence-corrected chi connectivity index (χ1v) is 9.29. The van der Waals surface area contributed by atoms with E-state index in [1.165, 1.54) is 5.56 Å². The van der Waals surface area contributed by atoms with E-state index in [1.807, 2.05) is 19.1 Å². The third-order valence-electron chi connectivity index (χ3n) is 4.86. The van der Waals surface area contributed by atoms with Crippen LogP contribution in [0.15, 0.2) is 24.3 Å². The summed E-state index contributed by atoms with van der Waals surface area (Å²) in [5.74, 6) is 0.517. The van der Waals surface area contributed by atoms with Crippen LogP contribution in [0, 0.1) is 10.1 Å². The van der Waals surface area contributed by atoms with E-state index in [0.717, 1.165) is 37.5 Å². The summed E-state index contributed by atoms with van der Waals surface area (Å²) in [6.45, 7) is 4.68. The van der Waals surface area contributed by atoms with Gasteiger partial charge in [-0.1, -0.05) is 30.7 Å². The Labute approximate surface area is 158 Å². The lowest BCUT2D eigenvalue weighted by atomic mass is 10.0. The molecule has 2 aromatic rings. The van der Waals surface area contributed by atoms with Crippen molar-refractivity contribution in [3.8, 4) is 0 Å². The number of hydrogen-bond donors (Lipinski definition) is 1. The smallest absolute Gasteiger partial charge is 0.333 e. The van der Waals surface area contributed by atoms with Gasteiger partial charge in [0.25, 0.3) is 0 Å². The maximum atomic E-state index is 11.4.